The van der Waals surface area contributed by atoms with E-state index in [0.29, 0.717) is 17.0 Å². The molecule has 0 aliphatic rings. The largest absolute Gasteiger partial charge is 0.573 e. The van der Waals surface area contributed by atoms with Crippen molar-refractivity contribution in [3.05, 3.63) is 95.2 Å². The van der Waals surface area contributed by atoms with E-state index < -0.39 is 11.9 Å². The second kappa shape index (κ2) is 8.62. The van der Waals surface area contributed by atoms with Gasteiger partial charge in [-0.15, -0.1) is 13.2 Å². The van der Waals surface area contributed by atoms with Gasteiger partial charge in [0.25, 0.3) is 5.56 Å². The summed E-state index contributed by atoms with van der Waals surface area (Å²) in [6.07, 6.45) is 0.211. The van der Waals surface area contributed by atoms with E-state index in [4.69, 9.17) is 4.74 Å². The molecule has 0 aliphatic heterocycles. The molecule has 0 unspecified atom stereocenters. The van der Waals surface area contributed by atoms with E-state index >= 15 is 0 Å². The van der Waals surface area contributed by atoms with Gasteiger partial charge in [0.2, 0.25) is 0 Å². The lowest BCUT2D eigenvalue weighted by Gasteiger charge is -2.14. The molecule has 2 aromatic heterocycles. The third-order valence-corrected chi connectivity index (χ3v) is 4.62. The van der Waals surface area contributed by atoms with Crippen LogP contribution in [0.2, 0.25) is 0 Å². The van der Waals surface area contributed by atoms with Gasteiger partial charge in [0.15, 0.2) is 0 Å². The first kappa shape index (κ1) is 21.2. The lowest BCUT2D eigenvalue weighted by Crippen LogP contribution is -2.19. The average Bonchev–Trinajstić information content (AvgIpc) is 3.19. The number of hydrogen-bond acceptors (Lipinski definition) is 4. The first-order chi connectivity index (χ1) is 15.3. The summed E-state index contributed by atoms with van der Waals surface area (Å²) in [6.45, 7) is 0.265. The van der Waals surface area contributed by atoms with Crippen molar-refractivity contribution in [1.29, 1.82) is 0 Å². The van der Waals surface area contributed by atoms with Crippen LogP contribution in [0.5, 0.6) is 11.5 Å². The van der Waals surface area contributed by atoms with Crippen molar-refractivity contribution in [3.63, 3.8) is 0 Å². The van der Waals surface area contributed by atoms with Crippen LogP contribution in [0.4, 0.5) is 13.2 Å². The number of pyridine rings is 1. The standard InChI is InChI=1S/C23H18F3N3O3/c1-28-13-17(12-27-28)20-14-29(18-7-9-19(10-8-18)32-23(24,25)26)22(30)11-21(20)31-15-16-5-3-2-4-6-16/h2-14H,15H2,1H3. The van der Waals surface area contributed by atoms with E-state index in [1.807, 2.05) is 30.3 Å². The molecule has 2 heterocycles. The molecule has 0 aliphatic carbocycles. The molecular weight excluding hydrogens is 423 g/mol. The average molecular weight is 441 g/mol. The van der Waals surface area contributed by atoms with Crippen molar-refractivity contribution in [3.8, 4) is 28.3 Å². The SMILES string of the molecule is Cn1cc(-c2cn(-c3ccc(OC(F)(F)F)cc3)c(=O)cc2OCc2ccccc2)cn1. The Bertz CT molecular complexity index is 1260. The molecule has 0 N–H and O–H groups in total. The van der Waals surface area contributed by atoms with Crippen LogP contribution in [0.25, 0.3) is 16.8 Å². The van der Waals surface area contributed by atoms with Crippen LogP contribution in [-0.4, -0.2) is 20.7 Å². The minimum Gasteiger partial charge on any atom is -0.488 e. The molecule has 4 aromatic rings. The van der Waals surface area contributed by atoms with Crippen LogP contribution < -0.4 is 15.0 Å². The summed E-state index contributed by atoms with van der Waals surface area (Å²) in [7, 11) is 1.77. The van der Waals surface area contributed by atoms with Gasteiger partial charge >= 0.3 is 6.36 Å². The molecule has 0 radical (unpaired) electrons. The fraction of sp³-hybridized carbons (Fsp3) is 0.130. The van der Waals surface area contributed by atoms with E-state index in [2.05, 4.69) is 9.84 Å². The second-order valence-electron chi connectivity index (χ2n) is 6.98. The summed E-state index contributed by atoms with van der Waals surface area (Å²) in [5, 5.41) is 4.17. The third-order valence-electron chi connectivity index (χ3n) is 4.62. The first-order valence-electron chi connectivity index (χ1n) is 9.57. The van der Waals surface area contributed by atoms with E-state index in [1.165, 1.54) is 22.8 Å². The highest BCUT2D eigenvalue weighted by Gasteiger charge is 2.31. The Morgan fingerprint density at radius 2 is 1.72 bits per heavy atom. The number of ether oxygens (including phenoxy) is 2. The Morgan fingerprint density at radius 3 is 2.34 bits per heavy atom. The van der Waals surface area contributed by atoms with Crippen LogP contribution in [-0.2, 0) is 13.7 Å². The molecule has 6 nitrogen and oxygen atoms in total. The Morgan fingerprint density at radius 1 is 1.00 bits per heavy atom. The zero-order valence-corrected chi connectivity index (χ0v) is 16.9. The molecule has 4 rings (SSSR count). The molecular formula is C23H18F3N3O3. The number of rotatable bonds is 6. The topological polar surface area (TPSA) is 58.3 Å². The smallest absolute Gasteiger partial charge is 0.488 e. The fourth-order valence-electron chi connectivity index (χ4n) is 3.16. The van der Waals surface area contributed by atoms with Gasteiger partial charge in [0.1, 0.15) is 18.1 Å². The van der Waals surface area contributed by atoms with Crippen molar-refractivity contribution in [2.75, 3.05) is 0 Å². The van der Waals surface area contributed by atoms with Crippen LogP contribution in [0.1, 0.15) is 5.56 Å². The van der Waals surface area contributed by atoms with Gasteiger partial charge < -0.3 is 9.47 Å². The maximum Gasteiger partial charge on any atom is 0.573 e. The highest BCUT2D eigenvalue weighted by atomic mass is 19.4. The van der Waals surface area contributed by atoms with Crippen molar-refractivity contribution < 1.29 is 22.6 Å². The molecule has 0 spiro atoms. The van der Waals surface area contributed by atoms with Crippen molar-refractivity contribution in [2.24, 2.45) is 7.05 Å². The first-order valence-corrected chi connectivity index (χ1v) is 9.57. The van der Waals surface area contributed by atoms with E-state index in [-0.39, 0.29) is 12.4 Å². The molecule has 0 fully saturated rings. The summed E-state index contributed by atoms with van der Waals surface area (Å²) < 4.78 is 50.0. The summed E-state index contributed by atoms with van der Waals surface area (Å²) >= 11 is 0. The summed E-state index contributed by atoms with van der Waals surface area (Å²) in [6, 6.07) is 15.9. The minimum absolute atomic E-state index is 0.265. The van der Waals surface area contributed by atoms with Crippen LogP contribution >= 0.6 is 0 Å². The molecule has 0 saturated heterocycles. The molecule has 9 heteroatoms. The van der Waals surface area contributed by atoms with Crippen LogP contribution in [0.3, 0.4) is 0 Å². The highest BCUT2D eigenvalue weighted by Crippen LogP contribution is 2.30. The molecule has 0 amide bonds. The fourth-order valence-corrected chi connectivity index (χ4v) is 3.16. The van der Waals surface area contributed by atoms with Gasteiger partial charge in [-0.1, -0.05) is 30.3 Å². The van der Waals surface area contributed by atoms with Gasteiger partial charge in [-0.25, -0.2) is 0 Å². The number of aromatic nitrogens is 3. The number of benzene rings is 2. The maximum absolute atomic E-state index is 12.8. The quantitative estimate of drug-likeness (QED) is 0.435. The molecule has 0 bridgehead atoms. The Hall–Kier alpha value is -4.01. The molecule has 0 atom stereocenters. The van der Waals surface area contributed by atoms with E-state index in [9.17, 15) is 18.0 Å². The zero-order valence-electron chi connectivity index (χ0n) is 16.9. The molecule has 0 saturated carbocycles. The van der Waals surface area contributed by atoms with E-state index in [1.54, 1.807) is 30.3 Å². The summed E-state index contributed by atoms with van der Waals surface area (Å²) in [5.74, 6) is 0.00437. The summed E-state index contributed by atoms with van der Waals surface area (Å²) in [4.78, 5) is 12.8. The maximum atomic E-state index is 12.8. The predicted octanol–water partition coefficient (Wildman–Crippen LogP) is 4.72. The van der Waals surface area contributed by atoms with Gasteiger partial charge in [0, 0.05) is 42.3 Å². The van der Waals surface area contributed by atoms with Gasteiger partial charge in [0.05, 0.1) is 6.20 Å². The monoisotopic (exact) mass is 441 g/mol. The van der Waals surface area contributed by atoms with Gasteiger partial charge in [-0.2, -0.15) is 5.10 Å². The Labute approximate surface area is 181 Å². The number of aryl methyl sites for hydroxylation is 1. The highest BCUT2D eigenvalue weighted by molar-refractivity contribution is 5.68. The van der Waals surface area contributed by atoms with Crippen LogP contribution in [0, 0.1) is 0 Å². The van der Waals surface area contributed by atoms with Crippen molar-refractivity contribution >= 4 is 0 Å². The third kappa shape index (κ3) is 5.00. The normalized spacial score (nSPS) is 11.4. The van der Waals surface area contributed by atoms with Crippen LogP contribution in [0.15, 0.2) is 84.0 Å². The number of alkyl halides is 3. The predicted molar refractivity (Wildman–Crippen MR) is 112 cm³/mol. The van der Waals surface area contributed by atoms with E-state index in [0.717, 1.165) is 23.3 Å². The Kier molecular flexibility index (Phi) is 5.72. The zero-order chi connectivity index (χ0) is 22.7. The molecule has 32 heavy (non-hydrogen) atoms. The Balaban J connectivity index is 1.70. The number of halogens is 3. The van der Waals surface area contributed by atoms with Gasteiger partial charge in [-0.05, 0) is 29.8 Å². The minimum atomic E-state index is -4.79. The summed E-state index contributed by atoms with van der Waals surface area (Å²) in [5.41, 5.74) is 2.26. The molecule has 164 valence electrons. The lowest BCUT2D eigenvalue weighted by atomic mass is 10.1. The lowest BCUT2D eigenvalue weighted by molar-refractivity contribution is -0.274. The van der Waals surface area contributed by atoms with Crippen molar-refractivity contribution in [1.82, 2.24) is 14.3 Å². The number of nitrogens with zero attached hydrogens (tertiary/aromatic N) is 3. The second-order valence-corrected chi connectivity index (χ2v) is 6.98. The number of hydrogen-bond donors (Lipinski definition) is 0. The van der Waals surface area contributed by atoms with Crippen molar-refractivity contribution in [2.45, 2.75) is 13.0 Å². The molecule has 2 aromatic carbocycles. The van der Waals surface area contributed by atoms with Gasteiger partial charge in [-0.3, -0.25) is 14.0 Å².